The lowest BCUT2D eigenvalue weighted by atomic mass is 10.2. The Morgan fingerprint density at radius 1 is 1.10 bits per heavy atom. The summed E-state index contributed by atoms with van der Waals surface area (Å²) in [6.07, 6.45) is -5.80. The number of H-pyrrole nitrogens is 1. The first-order chi connectivity index (χ1) is 14.7. The van der Waals surface area contributed by atoms with Crippen LogP contribution in [0.5, 0.6) is 0 Å². The minimum absolute atomic E-state index is 0.143. The first-order valence-electron chi connectivity index (χ1n) is 8.77. The van der Waals surface area contributed by atoms with Gasteiger partial charge >= 0.3 is 6.18 Å². The maximum atomic E-state index is 13.4. The van der Waals surface area contributed by atoms with Crippen molar-refractivity contribution in [3.63, 3.8) is 0 Å². The quantitative estimate of drug-likeness (QED) is 0.378. The van der Waals surface area contributed by atoms with E-state index in [-0.39, 0.29) is 9.90 Å². The van der Waals surface area contributed by atoms with Crippen molar-refractivity contribution in [3.8, 4) is 11.4 Å². The molecule has 0 aliphatic rings. The monoisotopic (exact) mass is 531 g/mol. The maximum absolute atomic E-state index is 13.4. The lowest BCUT2D eigenvalue weighted by Crippen LogP contribution is -2.34. The highest BCUT2D eigenvalue weighted by Gasteiger charge is 2.34. The molecule has 4 rings (SSSR count). The van der Waals surface area contributed by atoms with Crippen LogP contribution in [0.2, 0.25) is 0 Å². The number of benzene rings is 2. The van der Waals surface area contributed by atoms with Gasteiger partial charge in [-0.05, 0) is 56.7 Å². The van der Waals surface area contributed by atoms with E-state index >= 15 is 0 Å². The Labute approximate surface area is 187 Å². The van der Waals surface area contributed by atoms with Crippen LogP contribution in [0.25, 0.3) is 21.5 Å². The van der Waals surface area contributed by atoms with Crippen LogP contribution in [0.1, 0.15) is 6.42 Å². The molecule has 0 fully saturated rings. The van der Waals surface area contributed by atoms with Crippen LogP contribution in [0.3, 0.4) is 0 Å². The summed E-state index contributed by atoms with van der Waals surface area (Å²) in [5.41, 5.74) is 0.536. The number of aromatic nitrogens is 4. The van der Waals surface area contributed by atoms with Crippen LogP contribution in [0.15, 0.2) is 57.9 Å². The molecule has 0 atom stereocenters. The lowest BCUT2D eigenvalue weighted by molar-refractivity contribution is -0.131. The molecule has 2 aromatic carbocycles. The molecule has 0 saturated heterocycles. The maximum Gasteiger partial charge on any atom is 0.390 e. The average molecular weight is 532 g/mol. The molecular formula is C18H13BrF3N5O2S2. The lowest BCUT2D eigenvalue weighted by Gasteiger charge is -2.24. The summed E-state index contributed by atoms with van der Waals surface area (Å²) in [4.78, 5) is -0.143. The molecule has 0 saturated carbocycles. The van der Waals surface area contributed by atoms with Crippen molar-refractivity contribution in [1.29, 1.82) is 0 Å². The molecular weight excluding hydrogens is 519 g/mol. The van der Waals surface area contributed by atoms with E-state index in [2.05, 4.69) is 36.6 Å². The van der Waals surface area contributed by atoms with Crippen molar-refractivity contribution in [2.45, 2.75) is 17.5 Å². The van der Waals surface area contributed by atoms with Crippen molar-refractivity contribution >= 4 is 52.4 Å². The van der Waals surface area contributed by atoms with Gasteiger partial charge in [-0.3, -0.25) is 4.31 Å². The zero-order valence-corrected chi connectivity index (χ0v) is 18.7. The highest BCUT2D eigenvalue weighted by molar-refractivity contribution is 9.10. The van der Waals surface area contributed by atoms with E-state index in [1.807, 2.05) is 0 Å². The van der Waals surface area contributed by atoms with Crippen LogP contribution in [-0.2, 0) is 10.0 Å². The Morgan fingerprint density at radius 2 is 1.81 bits per heavy atom. The van der Waals surface area contributed by atoms with Crippen molar-refractivity contribution in [2.24, 2.45) is 0 Å². The highest BCUT2D eigenvalue weighted by Crippen LogP contribution is 2.44. The SMILES string of the molecule is O=S(=O)(c1ccc(-c2nnn[nH]2)cc1)N(CCC(F)(F)F)c1sc2ccccc2c1Br. The molecule has 1 N–H and O–H groups in total. The van der Waals surface area contributed by atoms with E-state index < -0.39 is 29.2 Å². The number of tetrazole rings is 1. The summed E-state index contributed by atoms with van der Waals surface area (Å²) in [6, 6.07) is 12.7. The topological polar surface area (TPSA) is 91.8 Å². The third-order valence-corrected chi connectivity index (χ3v) is 8.59. The minimum Gasteiger partial charge on any atom is -0.256 e. The molecule has 2 heterocycles. The van der Waals surface area contributed by atoms with Gasteiger partial charge < -0.3 is 0 Å². The summed E-state index contributed by atoms with van der Waals surface area (Å²) in [5, 5.41) is 14.1. The second kappa shape index (κ2) is 8.20. The van der Waals surface area contributed by atoms with Crippen molar-refractivity contribution in [1.82, 2.24) is 20.6 Å². The number of rotatable bonds is 6. The number of thiophene rings is 1. The molecule has 13 heteroatoms. The van der Waals surface area contributed by atoms with Gasteiger partial charge in [0.1, 0.15) is 5.00 Å². The highest BCUT2D eigenvalue weighted by atomic mass is 79.9. The van der Waals surface area contributed by atoms with E-state index in [1.54, 1.807) is 24.3 Å². The number of nitrogens with zero attached hydrogens (tertiary/aromatic N) is 4. The van der Waals surface area contributed by atoms with Gasteiger partial charge in [0, 0.05) is 22.2 Å². The smallest absolute Gasteiger partial charge is 0.256 e. The van der Waals surface area contributed by atoms with Crippen LogP contribution in [-0.4, -0.2) is 41.8 Å². The summed E-state index contributed by atoms with van der Waals surface area (Å²) in [7, 11) is -4.28. The zero-order chi connectivity index (χ0) is 22.2. The van der Waals surface area contributed by atoms with Gasteiger partial charge in [-0.2, -0.15) is 13.2 Å². The first kappa shape index (κ1) is 21.7. The zero-order valence-electron chi connectivity index (χ0n) is 15.5. The standard InChI is InChI=1S/C18H13BrF3N5O2S2/c19-15-13-3-1-2-4-14(13)30-17(15)27(10-9-18(20,21)22)31(28,29)12-7-5-11(6-8-12)16-23-25-26-24-16/h1-8H,9-10H2,(H,23,24,25,26). The van der Waals surface area contributed by atoms with Gasteiger partial charge in [0.05, 0.1) is 15.8 Å². The van der Waals surface area contributed by atoms with E-state index in [0.29, 0.717) is 15.9 Å². The van der Waals surface area contributed by atoms with Crippen molar-refractivity contribution in [3.05, 3.63) is 53.0 Å². The van der Waals surface area contributed by atoms with Gasteiger partial charge in [0.15, 0.2) is 5.82 Å². The Hall–Kier alpha value is -2.51. The second-order valence-electron chi connectivity index (χ2n) is 6.43. The molecule has 31 heavy (non-hydrogen) atoms. The largest absolute Gasteiger partial charge is 0.390 e. The van der Waals surface area contributed by atoms with Gasteiger partial charge in [-0.1, -0.05) is 18.2 Å². The molecule has 4 aromatic rings. The van der Waals surface area contributed by atoms with Gasteiger partial charge in [0.2, 0.25) is 0 Å². The van der Waals surface area contributed by atoms with Crippen LogP contribution in [0, 0.1) is 0 Å². The summed E-state index contributed by atoms with van der Waals surface area (Å²) < 4.78 is 67.7. The normalized spacial score (nSPS) is 12.4. The Balaban J connectivity index is 1.77. The van der Waals surface area contributed by atoms with Crippen molar-refractivity contribution in [2.75, 3.05) is 10.8 Å². The fraction of sp³-hybridized carbons (Fsp3) is 0.167. The third kappa shape index (κ3) is 4.43. The minimum atomic E-state index is -4.51. The molecule has 0 bridgehead atoms. The van der Waals surface area contributed by atoms with Crippen LogP contribution < -0.4 is 4.31 Å². The molecule has 0 radical (unpaired) electrons. The molecule has 0 unspecified atom stereocenters. The van der Waals surface area contributed by atoms with Gasteiger partial charge in [0.25, 0.3) is 10.0 Å². The molecule has 0 spiro atoms. The second-order valence-corrected chi connectivity index (χ2v) is 10.1. The molecule has 7 nitrogen and oxygen atoms in total. The number of nitrogens with one attached hydrogen (secondary N) is 1. The summed E-state index contributed by atoms with van der Waals surface area (Å²) in [5.74, 6) is 0.338. The molecule has 162 valence electrons. The third-order valence-electron chi connectivity index (χ3n) is 4.40. The summed E-state index contributed by atoms with van der Waals surface area (Å²) in [6.45, 7) is -0.745. The van der Waals surface area contributed by atoms with Crippen LogP contribution in [0.4, 0.5) is 18.2 Å². The average Bonchev–Trinajstić information content (AvgIpc) is 3.37. The number of alkyl halides is 3. The fourth-order valence-electron chi connectivity index (χ4n) is 2.91. The van der Waals surface area contributed by atoms with Crippen molar-refractivity contribution < 1.29 is 21.6 Å². The number of anilines is 1. The number of fused-ring (bicyclic) bond motifs is 1. The number of sulfonamides is 1. The predicted molar refractivity (Wildman–Crippen MR) is 114 cm³/mol. The number of aromatic amines is 1. The van der Waals surface area contributed by atoms with E-state index in [9.17, 15) is 21.6 Å². The molecule has 0 amide bonds. The number of halogens is 4. The molecule has 0 aliphatic heterocycles. The predicted octanol–water partition coefficient (Wildman–Crippen LogP) is 4.99. The fourth-order valence-corrected chi connectivity index (χ4v) is 6.77. The van der Waals surface area contributed by atoms with E-state index in [1.165, 1.54) is 24.3 Å². The number of hydrogen-bond donors (Lipinski definition) is 1. The Morgan fingerprint density at radius 3 is 2.42 bits per heavy atom. The number of hydrogen-bond acceptors (Lipinski definition) is 6. The van der Waals surface area contributed by atoms with Crippen LogP contribution >= 0.6 is 27.3 Å². The Bertz CT molecular complexity index is 1310. The van der Waals surface area contributed by atoms with Gasteiger partial charge in [-0.15, -0.1) is 16.4 Å². The Kier molecular flexibility index (Phi) is 5.75. The molecule has 2 aromatic heterocycles. The van der Waals surface area contributed by atoms with Gasteiger partial charge in [-0.25, -0.2) is 13.5 Å². The summed E-state index contributed by atoms with van der Waals surface area (Å²) >= 11 is 4.48. The first-order valence-corrected chi connectivity index (χ1v) is 11.8. The van der Waals surface area contributed by atoms with E-state index in [4.69, 9.17) is 0 Å². The molecule has 0 aliphatic carbocycles. The van der Waals surface area contributed by atoms with E-state index in [0.717, 1.165) is 25.7 Å².